The summed E-state index contributed by atoms with van der Waals surface area (Å²) >= 11 is 0. The maximum Gasteiger partial charge on any atom is 0.223 e. The van der Waals surface area contributed by atoms with E-state index in [0.717, 1.165) is 11.3 Å². The summed E-state index contributed by atoms with van der Waals surface area (Å²) in [6.45, 7) is 15.6. The van der Waals surface area contributed by atoms with Crippen LogP contribution in [0.3, 0.4) is 0 Å². The summed E-state index contributed by atoms with van der Waals surface area (Å²) in [5.74, 6) is 0.810. The number of carbonyl (C=O) groups is 1. The molecule has 0 saturated carbocycles. The third-order valence-corrected chi connectivity index (χ3v) is 4.82. The van der Waals surface area contributed by atoms with Crippen molar-refractivity contribution in [2.75, 3.05) is 0 Å². The van der Waals surface area contributed by atoms with E-state index in [0.29, 0.717) is 13.0 Å². The van der Waals surface area contributed by atoms with Crippen molar-refractivity contribution in [1.82, 2.24) is 5.32 Å². The van der Waals surface area contributed by atoms with Crippen LogP contribution in [0.4, 0.5) is 0 Å². The van der Waals surface area contributed by atoms with E-state index in [1.165, 1.54) is 11.1 Å². The van der Waals surface area contributed by atoms with Gasteiger partial charge >= 0.3 is 0 Å². The molecule has 2 rings (SSSR count). The van der Waals surface area contributed by atoms with Crippen LogP contribution in [0.5, 0.6) is 5.75 Å². The Morgan fingerprint density at radius 1 is 0.929 bits per heavy atom. The molecule has 0 radical (unpaired) electrons. The number of rotatable bonds is 6. The molecule has 0 aliphatic carbocycles. The normalized spacial score (nSPS) is 13.1. The van der Waals surface area contributed by atoms with Crippen LogP contribution in [-0.2, 0) is 22.2 Å². The van der Waals surface area contributed by atoms with Crippen molar-refractivity contribution in [2.45, 2.75) is 78.4 Å². The largest absolute Gasteiger partial charge is 0.490 e. The Morgan fingerprint density at radius 2 is 1.54 bits per heavy atom. The van der Waals surface area contributed by atoms with Crippen molar-refractivity contribution >= 4 is 5.91 Å². The van der Waals surface area contributed by atoms with Gasteiger partial charge in [0.25, 0.3) is 0 Å². The molecule has 0 heterocycles. The summed E-state index contributed by atoms with van der Waals surface area (Å²) in [7, 11) is 0. The lowest BCUT2D eigenvalue weighted by atomic mass is 9.87. The predicted octanol–water partition coefficient (Wildman–Crippen LogP) is 5.76. The number of amides is 1. The molecule has 0 spiro atoms. The first-order valence-corrected chi connectivity index (χ1v) is 10.1. The second-order valence-electron chi connectivity index (χ2n) is 9.63. The van der Waals surface area contributed by atoms with Crippen LogP contribution < -0.4 is 10.1 Å². The molecule has 0 fully saturated rings. The standard InChI is InChI=1S/C25H35NO2/c1-18(28-22-10-8-9-21(16-22)25(5,6)7)15-23(27)26-17-19-11-13-20(14-12-19)24(2,3)4/h8-14,16,18H,15,17H2,1-7H3,(H,26,27). The predicted molar refractivity (Wildman–Crippen MR) is 117 cm³/mol. The lowest BCUT2D eigenvalue weighted by Gasteiger charge is -2.21. The summed E-state index contributed by atoms with van der Waals surface area (Å²) in [5, 5.41) is 2.99. The first kappa shape index (κ1) is 22.0. The summed E-state index contributed by atoms with van der Waals surface area (Å²) in [6.07, 6.45) is 0.151. The molecule has 152 valence electrons. The van der Waals surface area contributed by atoms with Gasteiger partial charge in [0.15, 0.2) is 0 Å². The van der Waals surface area contributed by atoms with Crippen LogP contribution in [0.1, 0.15) is 71.6 Å². The van der Waals surface area contributed by atoms with Gasteiger partial charge in [-0.1, -0.05) is 77.9 Å². The smallest absolute Gasteiger partial charge is 0.223 e. The third-order valence-electron chi connectivity index (χ3n) is 4.82. The van der Waals surface area contributed by atoms with E-state index < -0.39 is 0 Å². The van der Waals surface area contributed by atoms with Crippen molar-refractivity contribution in [1.29, 1.82) is 0 Å². The highest BCUT2D eigenvalue weighted by molar-refractivity contribution is 5.76. The Labute approximate surface area is 170 Å². The summed E-state index contributed by atoms with van der Waals surface area (Å²) in [4.78, 5) is 12.3. The SMILES string of the molecule is CC(CC(=O)NCc1ccc(C(C)(C)C)cc1)Oc1cccc(C(C)(C)C)c1. The van der Waals surface area contributed by atoms with E-state index in [9.17, 15) is 4.79 Å². The lowest BCUT2D eigenvalue weighted by Crippen LogP contribution is -2.28. The van der Waals surface area contributed by atoms with Gasteiger partial charge < -0.3 is 10.1 Å². The van der Waals surface area contributed by atoms with Crippen molar-refractivity contribution in [3.05, 3.63) is 65.2 Å². The number of benzene rings is 2. The highest BCUT2D eigenvalue weighted by Crippen LogP contribution is 2.26. The lowest BCUT2D eigenvalue weighted by molar-refractivity contribution is -0.122. The van der Waals surface area contributed by atoms with Crippen LogP contribution in [0, 0.1) is 0 Å². The Hall–Kier alpha value is -2.29. The Balaban J connectivity index is 1.84. The van der Waals surface area contributed by atoms with Gasteiger partial charge in [-0.3, -0.25) is 4.79 Å². The molecule has 2 aromatic carbocycles. The summed E-state index contributed by atoms with van der Waals surface area (Å²) in [5.41, 5.74) is 3.83. The van der Waals surface area contributed by atoms with Gasteiger partial charge in [-0.2, -0.15) is 0 Å². The van der Waals surface area contributed by atoms with Crippen LogP contribution in [0.15, 0.2) is 48.5 Å². The number of hydrogen-bond donors (Lipinski definition) is 1. The zero-order valence-electron chi connectivity index (χ0n) is 18.4. The first-order valence-electron chi connectivity index (χ1n) is 10.1. The molecule has 1 N–H and O–H groups in total. The van der Waals surface area contributed by atoms with Crippen LogP contribution in [0.25, 0.3) is 0 Å². The minimum absolute atomic E-state index is 0.000580. The van der Waals surface area contributed by atoms with Crippen molar-refractivity contribution < 1.29 is 9.53 Å². The van der Waals surface area contributed by atoms with Crippen LogP contribution in [0.2, 0.25) is 0 Å². The minimum atomic E-state index is -0.182. The fraction of sp³-hybridized carbons (Fsp3) is 0.480. The second-order valence-corrected chi connectivity index (χ2v) is 9.63. The molecule has 0 aromatic heterocycles. The van der Waals surface area contributed by atoms with Crippen molar-refractivity contribution in [3.63, 3.8) is 0 Å². The highest BCUT2D eigenvalue weighted by atomic mass is 16.5. The quantitative estimate of drug-likeness (QED) is 0.691. The zero-order chi connectivity index (χ0) is 20.9. The highest BCUT2D eigenvalue weighted by Gasteiger charge is 2.16. The summed E-state index contributed by atoms with van der Waals surface area (Å²) in [6, 6.07) is 16.5. The third kappa shape index (κ3) is 6.70. The van der Waals surface area contributed by atoms with Crippen LogP contribution >= 0.6 is 0 Å². The molecule has 1 amide bonds. The van der Waals surface area contributed by atoms with Gasteiger partial charge in [-0.05, 0) is 46.6 Å². The molecule has 1 unspecified atom stereocenters. The van der Waals surface area contributed by atoms with E-state index in [1.807, 2.05) is 19.1 Å². The topological polar surface area (TPSA) is 38.3 Å². The number of carbonyl (C=O) groups excluding carboxylic acids is 1. The number of ether oxygens (including phenoxy) is 1. The molecule has 0 aliphatic rings. The minimum Gasteiger partial charge on any atom is -0.490 e. The number of hydrogen-bond acceptors (Lipinski definition) is 2. The fourth-order valence-electron chi connectivity index (χ4n) is 2.97. The van der Waals surface area contributed by atoms with Gasteiger partial charge in [-0.15, -0.1) is 0 Å². The first-order chi connectivity index (χ1) is 12.9. The second kappa shape index (κ2) is 8.81. The van der Waals surface area contributed by atoms with E-state index in [1.54, 1.807) is 0 Å². The Kier molecular flexibility index (Phi) is 6.92. The Morgan fingerprint density at radius 3 is 2.11 bits per heavy atom. The van der Waals surface area contributed by atoms with Crippen molar-refractivity contribution in [3.8, 4) is 5.75 Å². The Bertz CT molecular complexity index is 779. The molecule has 0 saturated heterocycles. The van der Waals surface area contributed by atoms with E-state index >= 15 is 0 Å². The van der Waals surface area contributed by atoms with Crippen molar-refractivity contribution in [2.24, 2.45) is 0 Å². The maximum absolute atomic E-state index is 12.3. The van der Waals surface area contributed by atoms with Crippen LogP contribution in [-0.4, -0.2) is 12.0 Å². The average molecular weight is 382 g/mol. The number of nitrogens with one attached hydrogen (secondary N) is 1. The molecule has 3 nitrogen and oxygen atoms in total. The molecule has 3 heteroatoms. The molecule has 2 aromatic rings. The van der Waals surface area contributed by atoms with Gasteiger partial charge in [0, 0.05) is 6.54 Å². The molecule has 28 heavy (non-hydrogen) atoms. The zero-order valence-corrected chi connectivity index (χ0v) is 18.4. The molecular weight excluding hydrogens is 346 g/mol. The molecular formula is C25H35NO2. The van der Waals surface area contributed by atoms with Gasteiger partial charge in [-0.25, -0.2) is 0 Å². The van der Waals surface area contributed by atoms with Gasteiger partial charge in [0.2, 0.25) is 5.91 Å². The van der Waals surface area contributed by atoms with E-state index in [-0.39, 0.29) is 22.8 Å². The molecule has 1 atom stereocenters. The van der Waals surface area contributed by atoms with Gasteiger partial charge in [0.1, 0.15) is 11.9 Å². The maximum atomic E-state index is 12.3. The summed E-state index contributed by atoms with van der Waals surface area (Å²) < 4.78 is 5.97. The molecule has 0 bridgehead atoms. The van der Waals surface area contributed by atoms with Gasteiger partial charge in [0.05, 0.1) is 6.42 Å². The molecule has 0 aliphatic heterocycles. The van der Waals surface area contributed by atoms with E-state index in [2.05, 4.69) is 83.3 Å². The monoisotopic (exact) mass is 381 g/mol. The fourth-order valence-corrected chi connectivity index (χ4v) is 2.97. The van der Waals surface area contributed by atoms with E-state index in [4.69, 9.17) is 4.74 Å². The average Bonchev–Trinajstić information content (AvgIpc) is 2.59.